The fourth-order valence-corrected chi connectivity index (χ4v) is 2.12. The second-order valence-corrected chi connectivity index (χ2v) is 4.71. The van der Waals surface area contributed by atoms with Crippen molar-refractivity contribution in [2.45, 2.75) is 19.8 Å². The molecule has 1 aliphatic heterocycles. The van der Waals surface area contributed by atoms with Crippen molar-refractivity contribution in [1.82, 2.24) is 10.2 Å². The summed E-state index contributed by atoms with van der Waals surface area (Å²) in [7, 11) is 0. The Hall–Kier alpha value is -1.75. The van der Waals surface area contributed by atoms with E-state index in [1.54, 1.807) is 18.2 Å². The molecule has 0 radical (unpaired) electrons. The van der Waals surface area contributed by atoms with Crippen LogP contribution < -0.4 is 5.32 Å². The topological polar surface area (TPSA) is 32.3 Å². The molecule has 0 bridgehead atoms. The van der Waals surface area contributed by atoms with Gasteiger partial charge in [-0.15, -0.1) is 0 Å². The van der Waals surface area contributed by atoms with E-state index in [2.05, 4.69) is 5.32 Å². The molecule has 0 saturated carbocycles. The zero-order chi connectivity index (χ0) is 13.8. The number of benzene rings is 1. The molecule has 2 rings (SSSR count). The van der Waals surface area contributed by atoms with Gasteiger partial charge in [0.15, 0.2) is 5.11 Å². The van der Waals surface area contributed by atoms with Crippen molar-refractivity contribution in [3.63, 3.8) is 0 Å². The van der Waals surface area contributed by atoms with Crippen LogP contribution in [0, 0.1) is 5.82 Å². The van der Waals surface area contributed by atoms with Crippen LogP contribution in [0.5, 0.6) is 0 Å². The number of carbonyl (C=O) groups excluding carboxylic acids is 1. The third-order valence-corrected chi connectivity index (χ3v) is 3.23. The smallest absolute Gasteiger partial charge is 0.276 e. The van der Waals surface area contributed by atoms with Crippen molar-refractivity contribution in [2.75, 3.05) is 6.54 Å². The molecule has 1 N–H and O–H groups in total. The summed E-state index contributed by atoms with van der Waals surface area (Å²) >= 11 is 5.12. The highest BCUT2D eigenvalue weighted by molar-refractivity contribution is 7.80. The van der Waals surface area contributed by atoms with Crippen LogP contribution in [0.15, 0.2) is 30.0 Å². The van der Waals surface area contributed by atoms with Crippen LogP contribution in [0.4, 0.5) is 4.39 Å². The molecular formula is C14H15FN2OS. The third-order valence-electron chi connectivity index (χ3n) is 2.90. The molecule has 1 amide bonds. The molecule has 1 fully saturated rings. The molecule has 0 aliphatic carbocycles. The number of nitrogens with one attached hydrogen (secondary N) is 1. The van der Waals surface area contributed by atoms with Gasteiger partial charge in [-0.25, -0.2) is 4.39 Å². The highest BCUT2D eigenvalue weighted by Gasteiger charge is 2.29. The Balaban J connectivity index is 2.21. The predicted molar refractivity (Wildman–Crippen MR) is 76.7 cm³/mol. The maximum absolute atomic E-state index is 13.5. The van der Waals surface area contributed by atoms with E-state index in [1.165, 1.54) is 17.0 Å². The van der Waals surface area contributed by atoms with Gasteiger partial charge < -0.3 is 5.32 Å². The summed E-state index contributed by atoms with van der Waals surface area (Å²) in [6.45, 7) is 2.64. The molecule has 0 spiro atoms. The van der Waals surface area contributed by atoms with Gasteiger partial charge in [0, 0.05) is 12.1 Å². The lowest BCUT2D eigenvalue weighted by Crippen LogP contribution is -2.31. The van der Waals surface area contributed by atoms with E-state index >= 15 is 0 Å². The molecule has 1 aliphatic rings. The summed E-state index contributed by atoms with van der Waals surface area (Å²) in [6.07, 6.45) is 3.37. The van der Waals surface area contributed by atoms with Crippen LogP contribution in [-0.4, -0.2) is 22.5 Å². The van der Waals surface area contributed by atoms with E-state index < -0.39 is 0 Å². The summed E-state index contributed by atoms with van der Waals surface area (Å²) in [5.41, 5.74) is 0.699. The average Bonchev–Trinajstić information content (AvgIpc) is 2.65. The Morgan fingerprint density at radius 2 is 2.16 bits per heavy atom. The lowest BCUT2D eigenvalue weighted by atomic mass is 10.2. The first-order valence-electron chi connectivity index (χ1n) is 6.22. The van der Waals surface area contributed by atoms with Crippen molar-refractivity contribution in [1.29, 1.82) is 0 Å². The quantitative estimate of drug-likeness (QED) is 0.679. The zero-order valence-electron chi connectivity index (χ0n) is 10.6. The summed E-state index contributed by atoms with van der Waals surface area (Å²) in [4.78, 5) is 13.6. The number of nitrogens with zero attached hydrogens (tertiary/aromatic N) is 1. The molecule has 100 valence electrons. The van der Waals surface area contributed by atoms with Crippen LogP contribution in [-0.2, 0) is 4.79 Å². The third kappa shape index (κ3) is 2.98. The summed E-state index contributed by atoms with van der Waals surface area (Å²) in [6, 6.07) is 6.32. The van der Waals surface area contributed by atoms with E-state index in [-0.39, 0.29) is 11.7 Å². The maximum atomic E-state index is 13.5. The molecule has 1 aromatic rings. The van der Waals surface area contributed by atoms with Gasteiger partial charge in [-0.1, -0.05) is 31.5 Å². The predicted octanol–water partition coefficient (Wildman–Crippen LogP) is 2.68. The van der Waals surface area contributed by atoms with Crippen LogP contribution in [0.2, 0.25) is 0 Å². The standard InChI is InChI=1S/C14H15FN2OS/c1-2-3-8-17-13(18)12(16-14(17)19)9-10-6-4-5-7-11(10)15/h4-7,9H,2-3,8H2,1H3,(H,16,19)/b12-9+. The monoisotopic (exact) mass is 278 g/mol. The summed E-state index contributed by atoms with van der Waals surface area (Å²) in [5, 5.41) is 3.23. The van der Waals surface area contributed by atoms with Crippen LogP contribution >= 0.6 is 12.2 Å². The zero-order valence-corrected chi connectivity index (χ0v) is 11.5. The van der Waals surface area contributed by atoms with Gasteiger partial charge in [0.1, 0.15) is 11.5 Å². The fourth-order valence-electron chi connectivity index (χ4n) is 1.84. The van der Waals surface area contributed by atoms with Gasteiger partial charge >= 0.3 is 0 Å². The molecule has 1 heterocycles. The molecular weight excluding hydrogens is 263 g/mol. The van der Waals surface area contributed by atoms with E-state index in [0.29, 0.717) is 22.9 Å². The molecule has 5 heteroatoms. The minimum absolute atomic E-state index is 0.193. The number of halogens is 1. The van der Waals surface area contributed by atoms with Crippen molar-refractivity contribution in [3.8, 4) is 0 Å². The normalized spacial score (nSPS) is 17.2. The van der Waals surface area contributed by atoms with Gasteiger partial charge in [-0.3, -0.25) is 9.69 Å². The summed E-state index contributed by atoms with van der Waals surface area (Å²) < 4.78 is 13.5. The number of carbonyl (C=O) groups is 1. The van der Waals surface area contributed by atoms with Crippen molar-refractivity contribution < 1.29 is 9.18 Å². The molecule has 1 saturated heterocycles. The van der Waals surface area contributed by atoms with E-state index in [9.17, 15) is 9.18 Å². The van der Waals surface area contributed by atoms with E-state index in [1.807, 2.05) is 6.92 Å². The Morgan fingerprint density at radius 3 is 2.84 bits per heavy atom. The first kappa shape index (κ1) is 13.7. The Bertz CT molecular complexity index is 542. The number of thiocarbonyl (C=S) groups is 1. The number of hydrogen-bond donors (Lipinski definition) is 1. The SMILES string of the molecule is CCCCN1C(=O)/C(=C\c2ccccc2F)NC1=S. The van der Waals surface area contributed by atoms with Gasteiger partial charge in [-0.05, 0) is 30.8 Å². The second kappa shape index (κ2) is 5.93. The summed E-state index contributed by atoms with van der Waals surface area (Å²) in [5.74, 6) is -0.552. The number of amides is 1. The largest absolute Gasteiger partial charge is 0.328 e. The minimum atomic E-state index is -0.359. The minimum Gasteiger partial charge on any atom is -0.328 e. The van der Waals surface area contributed by atoms with E-state index in [4.69, 9.17) is 12.2 Å². The first-order chi connectivity index (χ1) is 9.13. The highest BCUT2D eigenvalue weighted by Crippen LogP contribution is 2.16. The van der Waals surface area contributed by atoms with Crippen LogP contribution in [0.3, 0.4) is 0 Å². The van der Waals surface area contributed by atoms with Gasteiger partial charge in [0.2, 0.25) is 0 Å². The number of hydrogen-bond acceptors (Lipinski definition) is 2. The van der Waals surface area contributed by atoms with Crippen molar-refractivity contribution in [3.05, 3.63) is 41.3 Å². The number of unbranched alkanes of at least 4 members (excludes halogenated alkanes) is 1. The maximum Gasteiger partial charge on any atom is 0.276 e. The van der Waals surface area contributed by atoms with Crippen molar-refractivity contribution >= 4 is 29.3 Å². The second-order valence-electron chi connectivity index (χ2n) is 4.32. The van der Waals surface area contributed by atoms with Gasteiger partial charge in [-0.2, -0.15) is 0 Å². The Kier molecular flexibility index (Phi) is 4.27. The lowest BCUT2D eigenvalue weighted by Gasteiger charge is -2.12. The molecule has 0 aromatic heterocycles. The molecule has 0 atom stereocenters. The fraction of sp³-hybridized carbons (Fsp3) is 0.286. The Morgan fingerprint density at radius 1 is 1.42 bits per heavy atom. The van der Waals surface area contributed by atoms with E-state index in [0.717, 1.165) is 12.8 Å². The Labute approximate surface area is 117 Å². The highest BCUT2D eigenvalue weighted by atomic mass is 32.1. The van der Waals surface area contributed by atoms with Gasteiger partial charge in [0.25, 0.3) is 5.91 Å². The van der Waals surface area contributed by atoms with Crippen LogP contribution in [0.1, 0.15) is 25.3 Å². The van der Waals surface area contributed by atoms with Crippen LogP contribution in [0.25, 0.3) is 6.08 Å². The molecule has 0 unspecified atom stereocenters. The first-order valence-corrected chi connectivity index (χ1v) is 6.63. The van der Waals surface area contributed by atoms with Gasteiger partial charge in [0.05, 0.1) is 0 Å². The number of rotatable bonds is 4. The van der Waals surface area contributed by atoms with Crippen molar-refractivity contribution in [2.24, 2.45) is 0 Å². The molecule has 3 nitrogen and oxygen atoms in total. The lowest BCUT2D eigenvalue weighted by molar-refractivity contribution is -0.122. The molecule has 1 aromatic carbocycles. The molecule has 19 heavy (non-hydrogen) atoms. The average molecular weight is 278 g/mol.